The lowest BCUT2D eigenvalue weighted by Gasteiger charge is -2.27. The Morgan fingerprint density at radius 3 is 1.63 bits per heavy atom. The second kappa shape index (κ2) is 8.96. The zero-order valence-corrected chi connectivity index (χ0v) is 21.8. The first-order valence-electron chi connectivity index (χ1n) is 11.1. The molecule has 2 unspecified atom stereocenters. The van der Waals surface area contributed by atoms with Crippen molar-refractivity contribution in [1.82, 2.24) is 0 Å². The third kappa shape index (κ3) is 4.75. The van der Waals surface area contributed by atoms with E-state index in [1.165, 1.54) is 27.5 Å². The normalized spacial score (nSPS) is 23.2. The van der Waals surface area contributed by atoms with Crippen LogP contribution in [-0.2, 0) is 40.4 Å². The maximum atomic E-state index is 12.0. The van der Waals surface area contributed by atoms with Gasteiger partial charge in [-0.3, -0.25) is 9.13 Å². The summed E-state index contributed by atoms with van der Waals surface area (Å²) >= 11 is 0. The molecule has 2 atom stereocenters. The van der Waals surface area contributed by atoms with Crippen LogP contribution in [0.5, 0.6) is 11.5 Å². The molecular weight excluding hydrogens is 494 g/mol. The highest BCUT2D eigenvalue weighted by molar-refractivity contribution is 7.53. The summed E-state index contributed by atoms with van der Waals surface area (Å²) in [7, 11) is -3.40. The molecule has 10 nitrogen and oxygen atoms in total. The lowest BCUT2D eigenvalue weighted by Crippen LogP contribution is -2.59. The molecule has 0 aliphatic carbocycles. The Labute approximate surface area is 203 Å². The van der Waals surface area contributed by atoms with Gasteiger partial charge in [0.15, 0.2) is 23.9 Å². The molecule has 1 fully saturated rings. The zero-order valence-electron chi connectivity index (χ0n) is 20.0. The third-order valence-corrected chi connectivity index (χ3v) is 8.65. The molecule has 0 aromatic heterocycles. The highest BCUT2D eigenvalue weighted by Crippen LogP contribution is 2.45. The van der Waals surface area contributed by atoms with Crippen LogP contribution in [0.2, 0.25) is 0 Å². The van der Waals surface area contributed by atoms with Gasteiger partial charge in [0.05, 0.1) is 24.3 Å². The molecular formula is C23H28N2O8P2+2. The van der Waals surface area contributed by atoms with E-state index in [1.54, 1.807) is 0 Å². The van der Waals surface area contributed by atoms with Crippen molar-refractivity contribution in [2.24, 2.45) is 0 Å². The Hall–Kier alpha value is -2.32. The van der Waals surface area contributed by atoms with E-state index in [9.17, 15) is 9.13 Å². The maximum absolute atomic E-state index is 12.0. The molecule has 5 rings (SSSR count). The van der Waals surface area contributed by atoms with Crippen LogP contribution in [0.25, 0.3) is 0 Å². The van der Waals surface area contributed by atoms with Crippen LogP contribution in [0, 0.1) is 0 Å². The van der Waals surface area contributed by atoms with Gasteiger partial charge in [-0.05, 0) is 35.4 Å². The van der Waals surface area contributed by atoms with Crippen LogP contribution in [-0.4, -0.2) is 68.3 Å². The summed E-state index contributed by atoms with van der Waals surface area (Å²) in [6.07, 6.45) is 4.02. The highest BCUT2D eigenvalue weighted by Gasteiger charge is 2.68. The second-order valence-electron chi connectivity index (χ2n) is 8.60. The Kier molecular flexibility index (Phi) is 6.24. The van der Waals surface area contributed by atoms with E-state index >= 15 is 0 Å². The van der Waals surface area contributed by atoms with Gasteiger partial charge < -0.3 is 27.6 Å². The SMILES string of the molecule is COP(C)(=O)OCc1ccc2c(c1)C=[N+]1CC[N+]3=Cc4cc(COP(C)(=O)OC)ccc4OC13O2. The number of hydrogen-bond acceptors (Lipinski definition) is 8. The molecule has 35 heavy (non-hydrogen) atoms. The van der Waals surface area contributed by atoms with E-state index in [2.05, 4.69) is 0 Å². The summed E-state index contributed by atoms with van der Waals surface area (Å²) in [4.78, 5) is 0. The van der Waals surface area contributed by atoms with Crippen molar-refractivity contribution in [2.75, 3.05) is 40.6 Å². The van der Waals surface area contributed by atoms with Crippen molar-refractivity contribution in [3.05, 3.63) is 58.7 Å². The average Bonchev–Trinajstić information content (AvgIpc) is 3.20. The van der Waals surface area contributed by atoms with E-state index in [0.717, 1.165) is 22.3 Å². The molecule has 2 aromatic carbocycles. The predicted octanol–water partition coefficient (Wildman–Crippen LogP) is 3.63. The summed E-state index contributed by atoms with van der Waals surface area (Å²) in [6, 6.07) is 10.2. The topological polar surface area (TPSA) is 95.5 Å². The number of rotatable bonds is 8. The monoisotopic (exact) mass is 522 g/mol. The highest BCUT2D eigenvalue weighted by atomic mass is 31.2. The molecule has 0 amide bonds. The van der Waals surface area contributed by atoms with Gasteiger partial charge in [0, 0.05) is 27.5 Å². The molecule has 0 radical (unpaired) electrons. The predicted molar refractivity (Wildman–Crippen MR) is 128 cm³/mol. The first kappa shape index (κ1) is 24.4. The summed E-state index contributed by atoms with van der Waals surface area (Å²) < 4.78 is 61.6. The van der Waals surface area contributed by atoms with Crippen molar-refractivity contribution < 1.29 is 45.8 Å². The fourth-order valence-electron chi connectivity index (χ4n) is 4.08. The molecule has 0 saturated carbocycles. The van der Waals surface area contributed by atoms with Crippen molar-refractivity contribution in [1.29, 1.82) is 0 Å². The Morgan fingerprint density at radius 2 is 1.23 bits per heavy atom. The van der Waals surface area contributed by atoms with Crippen molar-refractivity contribution in [3.8, 4) is 11.5 Å². The van der Waals surface area contributed by atoms with Crippen LogP contribution in [0.1, 0.15) is 22.3 Å². The molecule has 2 aromatic rings. The van der Waals surface area contributed by atoms with Crippen molar-refractivity contribution in [3.63, 3.8) is 0 Å². The van der Waals surface area contributed by atoms with Crippen LogP contribution in [0.3, 0.4) is 0 Å². The van der Waals surface area contributed by atoms with E-state index in [1.807, 2.05) is 58.0 Å². The van der Waals surface area contributed by atoms with Gasteiger partial charge in [0.1, 0.15) is 0 Å². The smallest absolute Gasteiger partial charge is 0.341 e. The molecule has 3 heterocycles. The standard InChI is InChI=1S/C23H28N2O8P2/c1-28-34(3,26)30-15-17-5-7-21-19(11-17)13-24-9-10-25-14-20-12-18(16-31-35(4,27)29-2)6-8-22(20)33-23(24,25)32-21/h5-8,11-14H,9-10,15-16H2,1-4H3/q+2. The fourth-order valence-corrected chi connectivity index (χ4v) is 5.06. The van der Waals surface area contributed by atoms with Crippen LogP contribution in [0.15, 0.2) is 36.4 Å². The minimum absolute atomic E-state index is 0.168. The fraction of sp³-hybridized carbons (Fsp3) is 0.391. The molecule has 1 saturated heterocycles. The average molecular weight is 522 g/mol. The number of nitrogens with zero attached hydrogens (tertiary/aromatic N) is 2. The minimum Gasteiger partial charge on any atom is -0.341 e. The minimum atomic E-state index is -3.07. The van der Waals surface area contributed by atoms with Crippen molar-refractivity contribution in [2.45, 2.75) is 19.2 Å². The first-order valence-corrected chi connectivity index (χ1v) is 15.0. The molecule has 12 heteroatoms. The van der Waals surface area contributed by atoms with Crippen molar-refractivity contribution >= 4 is 27.6 Å². The molecule has 3 aliphatic rings. The zero-order chi connectivity index (χ0) is 24.8. The Bertz CT molecular complexity index is 1240. The van der Waals surface area contributed by atoms with Gasteiger partial charge in [-0.1, -0.05) is 21.3 Å². The lowest BCUT2D eigenvalue weighted by atomic mass is 10.1. The number of hydrogen-bond donors (Lipinski definition) is 0. The molecule has 0 N–H and O–H groups in total. The van der Waals surface area contributed by atoms with Gasteiger partial charge in [-0.25, -0.2) is 0 Å². The van der Waals surface area contributed by atoms with Gasteiger partial charge in [-0.15, -0.1) is 0 Å². The van der Waals surface area contributed by atoms with Gasteiger partial charge >= 0.3 is 21.2 Å². The molecule has 1 spiro atoms. The van der Waals surface area contributed by atoms with Gasteiger partial charge in [0.2, 0.25) is 13.1 Å². The van der Waals surface area contributed by atoms with E-state index in [4.69, 9.17) is 27.6 Å². The second-order valence-corrected chi connectivity index (χ2v) is 12.9. The molecule has 3 aliphatic heterocycles. The summed E-state index contributed by atoms with van der Waals surface area (Å²) in [6.45, 7) is 4.61. The number of fused-ring (bicyclic) bond motifs is 2. The van der Waals surface area contributed by atoms with Crippen LogP contribution in [0.4, 0.5) is 0 Å². The first-order chi connectivity index (χ1) is 16.6. The van der Waals surface area contributed by atoms with E-state index in [-0.39, 0.29) is 13.2 Å². The lowest BCUT2D eigenvalue weighted by molar-refractivity contribution is -0.855. The maximum Gasteiger partial charge on any atom is 0.704 e. The summed E-state index contributed by atoms with van der Waals surface area (Å²) in [5.41, 5.74) is 3.48. The third-order valence-electron chi connectivity index (χ3n) is 6.13. The number of benzene rings is 2. The van der Waals surface area contributed by atoms with E-state index in [0.29, 0.717) is 24.6 Å². The largest absolute Gasteiger partial charge is 0.704 e. The quantitative estimate of drug-likeness (QED) is 0.383. The molecule has 0 bridgehead atoms. The van der Waals surface area contributed by atoms with Gasteiger partial charge in [-0.2, -0.15) is 0 Å². The molecule has 186 valence electrons. The van der Waals surface area contributed by atoms with Crippen LogP contribution < -0.4 is 9.47 Å². The summed E-state index contributed by atoms with van der Waals surface area (Å²) in [5, 5.41) is 0. The van der Waals surface area contributed by atoms with Crippen LogP contribution >= 0.6 is 15.2 Å². The van der Waals surface area contributed by atoms with E-state index < -0.39 is 21.2 Å². The number of ether oxygens (including phenoxy) is 2. The van der Waals surface area contributed by atoms with Gasteiger partial charge in [0.25, 0.3) is 0 Å². The Balaban J connectivity index is 1.38. The summed E-state index contributed by atoms with van der Waals surface area (Å²) in [5.74, 6) is 1.34. The Morgan fingerprint density at radius 1 is 0.800 bits per heavy atom.